The fourth-order valence-electron chi connectivity index (χ4n) is 10.3. The van der Waals surface area contributed by atoms with Gasteiger partial charge in [-0.3, -0.25) is 19.2 Å². The molecule has 0 bridgehead atoms. The van der Waals surface area contributed by atoms with Crippen LogP contribution in [0.4, 0.5) is 22.7 Å². The van der Waals surface area contributed by atoms with Crippen LogP contribution in [-0.4, -0.2) is 116 Å². The van der Waals surface area contributed by atoms with Gasteiger partial charge in [-0.05, 0) is 198 Å². The summed E-state index contributed by atoms with van der Waals surface area (Å²) >= 11 is 0. The molecule has 26 heteroatoms. The number of amides is 4. The number of anilines is 4. The van der Waals surface area contributed by atoms with Crippen LogP contribution in [0.1, 0.15) is 142 Å². The molecular weight excluding hydrogens is 1330 g/mol. The second kappa shape index (κ2) is 32.2. The van der Waals surface area contributed by atoms with E-state index in [2.05, 4.69) is 21.3 Å². The highest BCUT2D eigenvalue weighted by atomic mass is 16.5. The smallest absolute Gasteiger partial charge is 0.339 e. The zero-order chi connectivity index (χ0) is 74.3. The number of hydrogen-bond donors (Lipinski definition) is 11. The third-order valence-electron chi connectivity index (χ3n) is 15.5. The van der Waals surface area contributed by atoms with E-state index in [9.17, 15) is 88.2 Å². The van der Waals surface area contributed by atoms with Crippen molar-refractivity contribution < 1.29 is 102 Å². The number of carbonyl (C=O) groups excluding carboxylic acids is 6. The van der Waals surface area contributed by atoms with Crippen molar-refractivity contribution in [2.75, 3.05) is 35.3 Å². The number of nitrogens with two attached hydrogens (primary N) is 1. The number of hydrogen-bond acceptors (Lipinski definition) is 16. The van der Waals surface area contributed by atoms with Crippen molar-refractivity contribution >= 4 is 94.1 Å². The van der Waals surface area contributed by atoms with E-state index in [0.717, 1.165) is 5.56 Å². The van der Waals surface area contributed by atoms with E-state index in [-0.39, 0.29) is 96.8 Å². The lowest BCUT2D eigenvalue weighted by atomic mass is 9.95. The molecule has 0 saturated carbocycles. The van der Waals surface area contributed by atoms with Gasteiger partial charge in [0, 0.05) is 29.8 Å². The molecule has 0 aliphatic rings. The van der Waals surface area contributed by atoms with Gasteiger partial charge in [-0.25, -0.2) is 38.4 Å². The van der Waals surface area contributed by atoms with E-state index < -0.39 is 82.5 Å². The Kier molecular flexibility index (Phi) is 22.7. The number of ether oxygens (including phenoxy) is 3. The Bertz CT molecular complexity index is 5070. The van der Waals surface area contributed by atoms with Crippen molar-refractivity contribution in [3.63, 3.8) is 0 Å². The van der Waals surface area contributed by atoms with Crippen molar-refractivity contribution in [3.8, 4) is 44.9 Å². The zero-order valence-corrected chi connectivity index (χ0v) is 54.4. The number of carboxylic acid groups (broad SMARTS) is 6. The molecule has 0 aliphatic heterocycles. The third-order valence-corrected chi connectivity index (χ3v) is 15.5. The second-order valence-corrected chi connectivity index (χ2v) is 22.4. The highest BCUT2D eigenvalue weighted by molar-refractivity contribution is 6.14. The summed E-state index contributed by atoms with van der Waals surface area (Å²) < 4.78 is 16.1. The first-order valence-electron chi connectivity index (χ1n) is 30.7. The molecule has 518 valence electrons. The maximum Gasteiger partial charge on any atom is 0.339 e. The standard InChI is InChI=1S/C46H34N4O13.C31H25NO8/c1-48-39(51)31-14-4-24(18-35(31)42(54)55)27-7-17-34(38(21-27)45(60)61)46(62)63-22-23-2-10-29(11-3-23)49-40(52)32-15-5-25(19-36(32)43(56)57)26-6-16-33(37(20-26)44(58)59)41(53)50-30-12-8-28(47)9-13-30;1-3-39-31(38)25-15-7-20(17-27(25)30(36)37)19-6-14-24(26(16-19)29(34)35)28(33)32-21-8-12-23(13-9-21)40-22-10-4-18(2)5-11-22/h2-21H,22,47H2,1H3,(H,48,51)(H,49,52)(H,50,53)(H,54,55)(H,56,57)(H,58,59)(H,60,61);4-17H,3H2,1-2H3,(H,32,33)(H,34,35)(H,36,37). The molecule has 0 radical (unpaired) electrons. The van der Waals surface area contributed by atoms with Crippen molar-refractivity contribution in [1.82, 2.24) is 5.32 Å². The van der Waals surface area contributed by atoms with Crippen LogP contribution in [-0.2, 0) is 16.1 Å². The predicted molar refractivity (Wildman–Crippen MR) is 375 cm³/mol. The zero-order valence-electron chi connectivity index (χ0n) is 54.4. The number of nitrogen functional groups attached to an aromatic ring is 1. The van der Waals surface area contributed by atoms with Crippen LogP contribution in [0.25, 0.3) is 33.4 Å². The number of esters is 2. The van der Waals surface area contributed by atoms with Crippen LogP contribution in [0.15, 0.2) is 206 Å². The molecule has 0 spiro atoms. The lowest BCUT2D eigenvalue weighted by Crippen LogP contribution is -2.21. The summed E-state index contributed by atoms with van der Waals surface area (Å²) in [6.07, 6.45) is 0. The molecule has 12 N–H and O–H groups in total. The van der Waals surface area contributed by atoms with Gasteiger partial charge in [0.05, 0.1) is 73.4 Å². The third kappa shape index (κ3) is 17.8. The van der Waals surface area contributed by atoms with Gasteiger partial charge < -0.3 is 71.9 Å². The van der Waals surface area contributed by atoms with Crippen molar-refractivity contribution in [3.05, 3.63) is 284 Å². The van der Waals surface area contributed by atoms with E-state index in [1.807, 2.05) is 31.2 Å². The predicted octanol–water partition coefficient (Wildman–Crippen LogP) is 12.9. The van der Waals surface area contributed by atoms with Gasteiger partial charge in [0.1, 0.15) is 18.1 Å². The summed E-state index contributed by atoms with van der Waals surface area (Å²) in [4.78, 5) is 149. The summed E-state index contributed by atoms with van der Waals surface area (Å²) in [5.74, 6) is -11.6. The fraction of sp³-hybridized carbons (Fsp3) is 0.0649. The van der Waals surface area contributed by atoms with Gasteiger partial charge in [0.25, 0.3) is 23.6 Å². The molecule has 0 fully saturated rings. The van der Waals surface area contributed by atoms with Crippen molar-refractivity contribution in [2.24, 2.45) is 0 Å². The van der Waals surface area contributed by atoms with Crippen LogP contribution in [0, 0.1) is 6.92 Å². The van der Waals surface area contributed by atoms with Gasteiger partial charge in [0.15, 0.2) is 0 Å². The Morgan fingerprint density at radius 2 is 0.602 bits per heavy atom. The maximum absolute atomic E-state index is 13.3. The summed E-state index contributed by atoms with van der Waals surface area (Å²) in [5.41, 5.74) is 7.53. The molecule has 0 aliphatic carbocycles. The van der Waals surface area contributed by atoms with Crippen molar-refractivity contribution in [1.29, 1.82) is 0 Å². The highest BCUT2D eigenvalue weighted by Gasteiger charge is 2.26. The van der Waals surface area contributed by atoms with Gasteiger partial charge in [-0.15, -0.1) is 0 Å². The first-order chi connectivity index (χ1) is 49.2. The lowest BCUT2D eigenvalue weighted by molar-refractivity contribution is 0.0462. The molecule has 0 atom stereocenters. The summed E-state index contributed by atoms with van der Waals surface area (Å²) in [6.45, 7) is 3.36. The molecule has 10 aromatic carbocycles. The molecule has 26 nitrogen and oxygen atoms in total. The van der Waals surface area contributed by atoms with Crippen LogP contribution < -0.4 is 31.7 Å². The average Bonchev–Trinajstić information content (AvgIpc) is 0.804. The molecule has 103 heavy (non-hydrogen) atoms. The minimum atomic E-state index is -1.45. The number of benzene rings is 10. The first kappa shape index (κ1) is 72.7. The van der Waals surface area contributed by atoms with Crippen LogP contribution in [0.2, 0.25) is 0 Å². The Morgan fingerprint density at radius 1 is 0.330 bits per heavy atom. The Balaban J connectivity index is 0.000000264. The quantitative estimate of drug-likeness (QED) is 0.0209. The molecular formula is C77H59N5O21. The molecule has 0 unspecified atom stereocenters. The SMILES string of the molecule is CCOC(=O)c1ccc(-c2ccc(C(=O)Nc3ccc(Oc4ccc(C)cc4)cc3)c(C(=O)O)c2)cc1C(=O)O.CNC(=O)c1ccc(-c2ccc(C(=O)OCc3ccc(NC(=O)c4ccc(-c5ccc(C(=O)Nc6ccc(N)cc6)c(C(=O)O)c5)cc4C(=O)O)cc3)c(C(=O)O)c2)cc1C(=O)O. The van der Waals surface area contributed by atoms with E-state index in [0.29, 0.717) is 45.3 Å². The molecule has 4 amide bonds. The maximum atomic E-state index is 13.3. The average molecular weight is 1390 g/mol. The van der Waals surface area contributed by atoms with E-state index >= 15 is 0 Å². The fourth-order valence-corrected chi connectivity index (χ4v) is 10.3. The van der Waals surface area contributed by atoms with E-state index in [1.54, 1.807) is 55.5 Å². The number of aryl methyl sites for hydroxylation is 1. The molecule has 10 aromatic rings. The van der Waals surface area contributed by atoms with Crippen LogP contribution in [0.5, 0.6) is 11.5 Å². The number of aromatic carboxylic acids is 6. The normalized spacial score (nSPS) is 10.5. The number of rotatable bonds is 23. The van der Waals surface area contributed by atoms with Gasteiger partial charge >= 0.3 is 47.8 Å². The largest absolute Gasteiger partial charge is 0.478 e. The first-order valence-corrected chi connectivity index (χ1v) is 30.7. The molecule has 0 aromatic heterocycles. The summed E-state index contributed by atoms with van der Waals surface area (Å²) in [7, 11) is 1.35. The highest BCUT2D eigenvalue weighted by Crippen LogP contribution is 2.32. The Morgan fingerprint density at radius 3 is 0.913 bits per heavy atom. The van der Waals surface area contributed by atoms with E-state index in [4.69, 9.17) is 19.9 Å². The van der Waals surface area contributed by atoms with Crippen LogP contribution >= 0.6 is 0 Å². The monoisotopic (exact) mass is 1390 g/mol. The molecule has 0 saturated heterocycles. The minimum absolute atomic E-state index is 0.0799. The van der Waals surface area contributed by atoms with Gasteiger partial charge in [-0.1, -0.05) is 66.2 Å². The topological polar surface area (TPSA) is 428 Å². The molecule has 10 rings (SSSR count). The minimum Gasteiger partial charge on any atom is -0.478 e. The Labute approximate surface area is 584 Å². The number of carbonyl (C=O) groups is 12. The van der Waals surface area contributed by atoms with Crippen molar-refractivity contribution in [2.45, 2.75) is 20.5 Å². The van der Waals surface area contributed by atoms with Gasteiger partial charge in [-0.2, -0.15) is 0 Å². The van der Waals surface area contributed by atoms with Crippen LogP contribution in [0.3, 0.4) is 0 Å². The second-order valence-electron chi connectivity index (χ2n) is 22.4. The Hall–Kier alpha value is -14.6. The van der Waals surface area contributed by atoms with Gasteiger partial charge in [0.2, 0.25) is 0 Å². The summed E-state index contributed by atoms with van der Waals surface area (Å²) in [5, 5.41) is 69.1. The lowest BCUT2D eigenvalue weighted by Gasteiger charge is -2.13. The number of carboxylic acids is 6. The molecule has 0 heterocycles. The number of nitrogens with one attached hydrogen (secondary N) is 4. The van der Waals surface area contributed by atoms with E-state index in [1.165, 1.54) is 141 Å². The summed E-state index contributed by atoms with van der Waals surface area (Å²) in [6, 6.07) is 50.2.